The van der Waals surface area contributed by atoms with Crippen LogP contribution in [0.4, 0.5) is 5.69 Å². The Hall–Kier alpha value is -1.95. The monoisotopic (exact) mass is 227 g/mol. The predicted octanol–water partition coefficient (Wildman–Crippen LogP) is 3.12. The predicted molar refractivity (Wildman–Crippen MR) is 70.3 cm³/mol. The Morgan fingerprint density at radius 1 is 1.24 bits per heavy atom. The largest absolute Gasteiger partial charge is 0.363 e. The van der Waals surface area contributed by atoms with Crippen LogP contribution in [0.5, 0.6) is 0 Å². The lowest BCUT2D eigenvalue weighted by molar-refractivity contribution is 0.382. The van der Waals surface area contributed by atoms with E-state index in [2.05, 4.69) is 53.6 Å². The molecule has 1 aliphatic rings. The first-order chi connectivity index (χ1) is 8.06. The quantitative estimate of drug-likeness (QED) is 0.683. The average Bonchev–Trinajstić information content (AvgIpc) is 2.56. The van der Waals surface area contributed by atoms with Crippen molar-refractivity contribution < 1.29 is 0 Å². The molecular formula is C14H17N3. The van der Waals surface area contributed by atoms with Crippen molar-refractivity contribution in [3.63, 3.8) is 0 Å². The van der Waals surface area contributed by atoms with Crippen molar-refractivity contribution in [2.24, 2.45) is 0 Å². The zero-order valence-electron chi connectivity index (χ0n) is 10.7. The summed E-state index contributed by atoms with van der Waals surface area (Å²) in [6, 6.07) is 6.24. The zero-order valence-corrected chi connectivity index (χ0v) is 10.7. The molecule has 0 fully saturated rings. The molecular weight excluding hydrogens is 210 g/mol. The molecule has 3 nitrogen and oxygen atoms in total. The van der Waals surface area contributed by atoms with Gasteiger partial charge in [0.2, 0.25) is 5.82 Å². The molecule has 0 aromatic heterocycles. The molecule has 0 unspecified atom stereocenters. The Balaban J connectivity index is 2.54. The van der Waals surface area contributed by atoms with Gasteiger partial charge < -0.3 is 9.74 Å². The molecule has 0 amide bonds. The Morgan fingerprint density at radius 3 is 2.35 bits per heavy atom. The summed E-state index contributed by atoms with van der Waals surface area (Å²) in [7, 11) is 2.00. The third-order valence-electron chi connectivity index (χ3n) is 3.32. The molecule has 3 heteroatoms. The van der Waals surface area contributed by atoms with E-state index >= 15 is 0 Å². The number of rotatable bonds is 1. The molecule has 0 radical (unpaired) electrons. The molecule has 1 aromatic rings. The maximum absolute atomic E-state index is 7.29. The van der Waals surface area contributed by atoms with E-state index in [1.807, 2.05) is 13.2 Å². The van der Waals surface area contributed by atoms with Gasteiger partial charge in [-0.05, 0) is 31.9 Å². The molecule has 1 aliphatic heterocycles. The van der Waals surface area contributed by atoms with Crippen LogP contribution in [0.15, 0.2) is 30.2 Å². The minimum atomic E-state index is 0.193. The molecule has 1 atom stereocenters. The van der Waals surface area contributed by atoms with Crippen LogP contribution in [0.25, 0.3) is 4.85 Å². The summed E-state index contributed by atoms with van der Waals surface area (Å²) < 4.78 is 0. The molecule has 0 saturated carbocycles. The van der Waals surface area contributed by atoms with E-state index in [0.717, 1.165) is 5.69 Å². The summed E-state index contributed by atoms with van der Waals surface area (Å²) in [5.74, 6) is 0.692. The second-order valence-corrected chi connectivity index (χ2v) is 4.51. The van der Waals surface area contributed by atoms with Crippen molar-refractivity contribution >= 4 is 5.69 Å². The molecule has 2 rings (SSSR count). The second kappa shape index (κ2) is 4.14. The van der Waals surface area contributed by atoms with E-state index in [0.29, 0.717) is 5.82 Å². The molecule has 1 heterocycles. The van der Waals surface area contributed by atoms with Gasteiger partial charge in [-0.3, -0.25) is 4.90 Å². The van der Waals surface area contributed by atoms with Gasteiger partial charge in [0.25, 0.3) is 0 Å². The molecule has 0 aliphatic carbocycles. The van der Waals surface area contributed by atoms with Gasteiger partial charge in [-0.15, -0.1) is 0 Å². The Bertz CT molecular complexity index is 490. The molecule has 0 N–H and O–H groups in total. The molecule has 1 aromatic carbocycles. The number of benzene rings is 1. The van der Waals surface area contributed by atoms with Gasteiger partial charge in [0.15, 0.2) is 6.17 Å². The highest BCUT2D eigenvalue weighted by atomic mass is 15.4. The topological polar surface area (TPSA) is 10.8 Å². The van der Waals surface area contributed by atoms with Crippen LogP contribution < -0.4 is 4.90 Å². The van der Waals surface area contributed by atoms with Gasteiger partial charge >= 0.3 is 0 Å². The summed E-state index contributed by atoms with van der Waals surface area (Å²) in [6.07, 6.45) is 2.10. The van der Waals surface area contributed by atoms with E-state index in [-0.39, 0.29) is 6.17 Å². The number of aryl methyl sites for hydroxylation is 2. The minimum Gasteiger partial charge on any atom is -0.363 e. The van der Waals surface area contributed by atoms with Crippen LogP contribution in [0.1, 0.15) is 18.1 Å². The van der Waals surface area contributed by atoms with Crippen LogP contribution in [0.3, 0.4) is 0 Å². The van der Waals surface area contributed by atoms with Crippen molar-refractivity contribution in [3.05, 3.63) is 52.8 Å². The van der Waals surface area contributed by atoms with Gasteiger partial charge in [-0.25, -0.2) is 0 Å². The number of hydrogen-bond acceptors (Lipinski definition) is 2. The number of anilines is 1. The SMILES string of the molecule is [C-]#[N+]C1=CN(C)[C@H](C)N1c1c(C)cccc1C. The van der Waals surface area contributed by atoms with Crippen LogP contribution in [-0.2, 0) is 0 Å². The highest BCUT2D eigenvalue weighted by Gasteiger charge is 2.32. The molecule has 17 heavy (non-hydrogen) atoms. The minimum absolute atomic E-state index is 0.193. The first-order valence-corrected chi connectivity index (χ1v) is 5.73. The number of para-hydroxylation sites is 1. The number of hydrogen-bond donors (Lipinski definition) is 0. The van der Waals surface area contributed by atoms with E-state index in [9.17, 15) is 0 Å². The molecule has 0 spiro atoms. The van der Waals surface area contributed by atoms with E-state index in [4.69, 9.17) is 6.57 Å². The zero-order chi connectivity index (χ0) is 12.6. The Kier molecular flexibility index (Phi) is 2.81. The fraction of sp³-hybridized carbons (Fsp3) is 0.357. The van der Waals surface area contributed by atoms with Gasteiger partial charge in [0.1, 0.15) is 5.69 Å². The van der Waals surface area contributed by atoms with E-state index in [1.165, 1.54) is 11.1 Å². The van der Waals surface area contributed by atoms with Crippen molar-refractivity contribution in [2.75, 3.05) is 11.9 Å². The maximum atomic E-state index is 7.29. The first kappa shape index (κ1) is 11.5. The van der Waals surface area contributed by atoms with Crippen LogP contribution >= 0.6 is 0 Å². The van der Waals surface area contributed by atoms with Crippen molar-refractivity contribution in [3.8, 4) is 0 Å². The van der Waals surface area contributed by atoms with Crippen LogP contribution in [-0.4, -0.2) is 18.1 Å². The summed E-state index contributed by atoms with van der Waals surface area (Å²) in [5.41, 5.74) is 3.58. The highest BCUT2D eigenvalue weighted by molar-refractivity contribution is 5.65. The Labute approximate surface area is 103 Å². The standard InChI is InChI=1S/C14H17N3/c1-10-7-6-8-11(2)14(10)17-12(3)16(5)9-13(17)15-4/h6-9,12H,1-3,5H3/t12-/m0/s1. The maximum Gasteiger partial charge on any atom is 0.247 e. The summed E-state index contributed by atoms with van der Waals surface area (Å²) in [6.45, 7) is 13.6. The number of nitrogens with zero attached hydrogens (tertiary/aromatic N) is 3. The van der Waals surface area contributed by atoms with Crippen molar-refractivity contribution in [1.29, 1.82) is 0 Å². The van der Waals surface area contributed by atoms with E-state index < -0.39 is 0 Å². The summed E-state index contributed by atoms with van der Waals surface area (Å²) in [4.78, 5) is 7.80. The van der Waals surface area contributed by atoms with Crippen molar-refractivity contribution in [2.45, 2.75) is 26.9 Å². The molecule has 88 valence electrons. The molecule has 0 saturated heterocycles. The van der Waals surface area contributed by atoms with Crippen LogP contribution in [0, 0.1) is 20.4 Å². The fourth-order valence-corrected chi connectivity index (χ4v) is 2.30. The van der Waals surface area contributed by atoms with Gasteiger partial charge in [0, 0.05) is 13.2 Å². The smallest absolute Gasteiger partial charge is 0.247 e. The molecule has 0 bridgehead atoms. The van der Waals surface area contributed by atoms with Gasteiger partial charge in [-0.1, -0.05) is 24.8 Å². The van der Waals surface area contributed by atoms with Crippen LogP contribution in [0.2, 0.25) is 0 Å². The van der Waals surface area contributed by atoms with E-state index in [1.54, 1.807) is 0 Å². The first-order valence-electron chi connectivity index (χ1n) is 5.73. The fourth-order valence-electron chi connectivity index (χ4n) is 2.30. The third kappa shape index (κ3) is 1.76. The highest BCUT2D eigenvalue weighted by Crippen LogP contribution is 2.34. The lowest BCUT2D eigenvalue weighted by Crippen LogP contribution is -2.35. The Morgan fingerprint density at radius 2 is 1.82 bits per heavy atom. The average molecular weight is 227 g/mol. The van der Waals surface area contributed by atoms with Gasteiger partial charge in [0.05, 0.1) is 0 Å². The van der Waals surface area contributed by atoms with Gasteiger partial charge in [-0.2, -0.15) is 0 Å². The van der Waals surface area contributed by atoms with Crippen molar-refractivity contribution in [1.82, 2.24) is 4.90 Å². The lowest BCUT2D eigenvalue weighted by atomic mass is 10.1. The lowest BCUT2D eigenvalue weighted by Gasteiger charge is -2.27. The third-order valence-corrected chi connectivity index (χ3v) is 3.32. The summed E-state index contributed by atoms with van der Waals surface area (Å²) in [5, 5.41) is 0. The summed E-state index contributed by atoms with van der Waals surface area (Å²) >= 11 is 0. The second-order valence-electron chi connectivity index (χ2n) is 4.51. The normalized spacial score (nSPS) is 19.2.